The summed E-state index contributed by atoms with van der Waals surface area (Å²) in [7, 11) is 0. The predicted molar refractivity (Wildman–Crippen MR) is 83.1 cm³/mol. The van der Waals surface area contributed by atoms with Crippen LogP contribution in [0.2, 0.25) is 0 Å². The van der Waals surface area contributed by atoms with Gasteiger partial charge in [0.2, 0.25) is 5.55 Å². The fourth-order valence-electron chi connectivity index (χ4n) is 2.25. The maximum absolute atomic E-state index is 12.3. The normalized spacial score (nSPS) is 10.7. The maximum atomic E-state index is 12.3. The maximum Gasteiger partial charge on any atom is 0.257 e. The molecule has 118 valence electrons. The molecule has 2 N–H and O–H groups in total. The van der Waals surface area contributed by atoms with Gasteiger partial charge in [-0.15, -0.1) is 0 Å². The van der Waals surface area contributed by atoms with Crippen LogP contribution in [0.4, 0.5) is 0 Å². The Balaban J connectivity index is 1.90. The van der Waals surface area contributed by atoms with E-state index in [1.165, 1.54) is 6.26 Å². The highest BCUT2D eigenvalue weighted by molar-refractivity contribution is 5.97. The SMILES string of the molecule is CCOc1cccc2cc(C(=O)NCc3ccco3)c(=N)oc12. The number of fused-ring (bicyclic) bond motifs is 1. The van der Waals surface area contributed by atoms with Gasteiger partial charge >= 0.3 is 0 Å². The lowest BCUT2D eigenvalue weighted by atomic mass is 10.1. The zero-order valence-electron chi connectivity index (χ0n) is 12.6. The van der Waals surface area contributed by atoms with Crippen LogP contribution in [0.15, 0.2) is 51.5 Å². The third-order valence-electron chi connectivity index (χ3n) is 3.31. The molecule has 0 fully saturated rings. The fraction of sp³-hybridized carbons (Fsp3) is 0.176. The van der Waals surface area contributed by atoms with E-state index in [0.717, 1.165) is 0 Å². The van der Waals surface area contributed by atoms with E-state index in [0.29, 0.717) is 29.1 Å². The second-order valence-corrected chi connectivity index (χ2v) is 4.86. The van der Waals surface area contributed by atoms with Crippen LogP contribution in [0.1, 0.15) is 23.0 Å². The molecule has 1 aromatic carbocycles. The Morgan fingerprint density at radius 1 is 1.30 bits per heavy atom. The third-order valence-corrected chi connectivity index (χ3v) is 3.31. The lowest BCUT2D eigenvalue weighted by Crippen LogP contribution is -2.27. The Kier molecular flexibility index (Phi) is 4.14. The van der Waals surface area contributed by atoms with Crippen molar-refractivity contribution >= 4 is 16.9 Å². The minimum Gasteiger partial charge on any atom is -0.490 e. The molecule has 6 nitrogen and oxygen atoms in total. The first-order chi connectivity index (χ1) is 11.2. The van der Waals surface area contributed by atoms with Crippen LogP contribution in [0, 0.1) is 5.41 Å². The number of carbonyl (C=O) groups is 1. The average molecular weight is 312 g/mol. The van der Waals surface area contributed by atoms with Crippen molar-refractivity contribution in [1.82, 2.24) is 5.32 Å². The quantitative estimate of drug-likeness (QED) is 0.758. The summed E-state index contributed by atoms with van der Waals surface area (Å²) in [4.78, 5) is 12.3. The van der Waals surface area contributed by atoms with Crippen LogP contribution < -0.4 is 15.6 Å². The molecule has 0 bridgehead atoms. The summed E-state index contributed by atoms with van der Waals surface area (Å²) < 4.78 is 16.1. The van der Waals surface area contributed by atoms with E-state index in [4.69, 9.17) is 19.0 Å². The van der Waals surface area contributed by atoms with Crippen molar-refractivity contribution in [3.63, 3.8) is 0 Å². The van der Waals surface area contributed by atoms with Gasteiger partial charge in [-0.25, -0.2) is 0 Å². The molecule has 3 rings (SSSR count). The molecule has 0 atom stereocenters. The Bertz CT molecular complexity index is 881. The summed E-state index contributed by atoms with van der Waals surface area (Å²) in [5.41, 5.74) is 0.418. The molecule has 0 aliphatic rings. The Hall–Kier alpha value is -3.02. The highest BCUT2D eigenvalue weighted by Gasteiger charge is 2.14. The first-order valence-corrected chi connectivity index (χ1v) is 7.24. The standard InChI is InChI=1S/C17H16N2O4/c1-2-21-14-7-3-5-11-9-13(16(18)23-15(11)14)17(20)19-10-12-6-4-8-22-12/h3-9,18H,2,10H2,1H3,(H,19,20). The number of furan rings is 1. The minimum absolute atomic E-state index is 0.165. The smallest absolute Gasteiger partial charge is 0.257 e. The minimum atomic E-state index is -0.390. The number of hydrogen-bond donors (Lipinski definition) is 2. The van der Waals surface area contributed by atoms with Gasteiger partial charge in [0, 0.05) is 5.39 Å². The highest BCUT2D eigenvalue weighted by atomic mass is 16.5. The van der Waals surface area contributed by atoms with E-state index >= 15 is 0 Å². The zero-order valence-corrected chi connectivity index (χ0v) is 12.6. The van der Waals surface area contributed by atoms with Crippen molar-refractivity contribution in [2.75, 3.05) is 6.61 Å². The Labute approximate surface area is 132 Å². The number of carbonyl (C=O) groups excluding carboxylic acids is 1. The molecule has 1 amide bonds. The monoisotopic (exact) mass is 312 g/mol. The third kappa shape index (κ3) is 3.11. The van der Waals surface area contributed by atoms with Crippen LogP contribution in [-0.2, 0) is 6.54 Å². The lowest BCUT2D eigenvalue weighted by Gasteiger charge is -2.08. The molecule has 0 aliphatic carbocycles. The molecular formula is C17H16N2O4. The molecule has 0 aliphatic heterocycles. The number of hydrogen-bond acceptors (Lipinski definition) is 5. The van der Waals surface area contributed by atoms with Gasteiger partial charge in [-0.3, -0.25) is 10.2 Å². The van der Waals surface area contributed by atoms with Gasteiger partial charge in [0.15, 0.2) is 11.3 Å². The van der Waals surface area contributed by atoms with Gasteiger partial charge < -0.3 is 18.9 Å². The highest BCUT2D eigenvalue weighted by Crippen LogP contribution is 2.24. The van der Waals surface area contributed by atoms with Gasteiger partial charge in [-0.2, -0.15) is 0 Å². The molecule has 0 spiro atoms. The first-order valence-electron chi connectivity index (χ1n) is 7.24. The van der Waals surface area contributed by atoms with Crippen molar-refractivity contribution in [2.45, 2.75) is 13.5 Å². The molecule has 3 aromatic rings. The van der Waals surface area contributed by atoms with Crippen molar-refractivity contribution in [2.24, 2.45) is 0 Å². The lowest BCUT2D eigenvalue weighted by molar-refractivity contribution is 0.0943. The van der Waals surface area contributed by atoms with Crippen molar-refractivity contribution in [3.05, 3.63) is 59.5 Å². The van der Waals surface area contributed by atoms with E-state index in [1.807, 2.05) is 19.1 Å². The topological polar surface area (TPSA) is 88.5 Å². The molecule has 2 heterocycles. The number of rotatable bonds is 5. The van der Waals surface area contributed by atoms with E-state index in [2.05, 4.69) is 5.32 Å². The van der Waals surface area contributed by atoms with Crippen LogP contribution in [0.5, 0.6) is 5.75 Å². The van der Waals surface area contributed by atoms with Gasteiger partial charge in [-0.05, 0) is 31.2 Å². The van der Waals surface area contributed by atoms with Crippen LogP contribution >= 0.6 is 0 Å². The van der Waals surface area contributed by atoms with Gasteiger partial charge in [0.1, 0.15) is 11.3 Å². The number of nitrogens with one attached hydrogen (secondary N) is 2. The van der Waals surface area contributed by atoms with Gasteiger partial charge in [0.05, 0.1) is 19.4 Å². The van der Waals surface area contributed by atoms with E-state index in [-0.39, 0.29) is 23.6 Å². The number of para-hydroxylation sites is 1. The van der Waals surface area contributed by atoms with Crippen molar-refractivity contribution < 1.29 is 18.4 Å². The summed E-state index contributed by atoms with van der Waals surface area (Å²) in [6, 6.07) is 10.5. The summed E-state index contributed by atoms with van der Waals surface area (Å²) in [5.74, 6) is 0.807. The van der Waals surface area contributed by atoms with Crippen molar-refractivity contribution in [1.29, 1.82) is 5.41 Å². The predicted octanol–water partition coefficient (Wildman–Crippen LogP) is 2.83. The summed E-state index contributed by atoms with van der Waals surface area (Å²) in [5, 5.41) is 11.4. The molecule has 23 heavy (non-hydrogen) atoms. The van der Waals surface area contributed by atoms with Crippen molar-refractivity contribution in [3.8, 4) is 5.75 Å². The molecular weight excluding hydrogens is 296 g/mol. The Morgan fingerprint density at radius 3 is 2.91 bits per heavy atom. The molecule has 0 unspecified atom stereocenters. The molecule has 0 saturated heterocycles. The second-order valence-electron chi connectivity index (χ2n) is 4.86. The van der Waals surface area contributed by atoms with Crippen LogP contribution in [0.25, 0.3) is 11.0 Å². The van der Waals surface area contributed by atoms with E-state index < -0.39 is 0 Å². The summed E-state index contributed by atoms with van der Waals surface area (Å²) >= 11 is 0. The molecule has 6 heteroatoms. The fourth-order valence-corrected chi connectivity index (χ4v) is 2.25. The molecule has 0 radical (unpaired) electrons. The van der Waals surface area contributed by atoms with Crippen LogP contribution in [0.3, 0.4) is 0 Å². The first kappa shape index (κ1) is 14.9. The number of amides is 1. The summed E-state index contributed by atoms with van der Waals surface area (Å²) in [6.07, 6.45) is 1.54. The Morgan fingerprint density at radius 2 is 2.17 bits per heavy atom. The van der Waals surface area contributed by atoms with E-state index in [9.17, 15) is 4.79 Å². The van der Waals surface area contributed by atoms with Gasteiger partial charge in [0.25, 0.3) is 5.91 Å². The number of benzene rings is 1. The second kappa shape index (κ2) is 6.39. The van der Waals surface area contributed by atoms with Gasteiger partial charge in [-0.1, -0.05) is 12.1 Å². The summed E-state index contributed by atoms with van der Waals surface area (Å²) in [6.45, 7) is 2.62. The molecule has 2 aromatic heterocycles. The number of ether oxygens (including phenoxy) is 1. The zero-order chi connectivity index (χ0) is 16.2. The average Bonchev–Trinajstić information content (AvgIpc) is 3.06. The largest absolute Gasteiger partial charge is 0.490 e. The van der Waals surface area contributed by atoms with E-state index in [1.54, 1.807) is 24.3 Å². The molecule has 0 saturated carbocycles. The van der Waals surface area contributed by atoms with Crippen LogP contribution in [-0.4, -0.2) is 12.5 Å².